The Bertz CT molecular complexity index is 390. The van der Waals surface area contributed by atoms with Crippen LogP contribution in [-0.4, -0.2) is 30.4 Å². The fourth-order valence-corrected chi connectivity index (χ4v) is 1.17. The molecule has 14 heavy (non-hydrogen) atoms. The van der Waals surface area contributed by atoms with E-state index in [-0.39, 0.29) is 6.04 Å². The predicted octanol–water partition coefficient (Wildman–Crippen LogP) is -1.51. The van der Waals surface area contributed by atoms with Crippen LogP contribution in [-0.2, 0) is 7.05 Å². The molecule has 2 rings (SSSR count). The lowest BCUT2D eigenvalue weighted by atomic mass is 10.2. The largest absolute Gasteiger partial charge is 0.270 e. The van der Waals surface area contributed by atoms with E-state index in [0.717, 1.165) is 0 Å². The van der Waals surface area contributed by atoms with Crippen LogP contribution in [0.25, 0.3) is 0 Å². The quantitative estimate of drug-likeness (QED) is 0.404. The molecule has 0 aliphatic heterocycles. The van der Waals surface area contributed by atoms with Gasteiger partial charge in [0.05, 0.1) is 12.4 Å². The van der Waals surface area contributed by atoms with Gasteiger partial charge in [0.25, 0.3) is 0 Å². The molecule has 0 bridgehead atoms. The van der Waals surface area contributed by atoms with Crippen molar-refractivity contribution in [1.29, 1.82) is 0 Å². The Morgan fingerprint density at radius 2 is 2.36 bits per heavy atom. The molecule has 0 radical (unpaired) electrons. The average Bonchev–Trinajstić information content (AvgIpc) is 2.79. The van der Waals surface area contributed by atoms with Crippen LogP contribution in [0.15, 0.2) is 12.4 Å². The van der Waals surface area contributed by atoms with Gasteiger partial charge in [0.1, 0.15) is 17.4 Å². The average molecular weight is 194 g/mol. The fraction of sp³-hybridized carbons (Fsp3) is 0.333. The summed E-state index contributed by atoms with van der Waals surface area (Å²) in [6.07, 6.45) is 3.21. The van der Waals surface area contributed by atoms with Crippen LogP contribution in [0.1, 0.15) is 17.4 Å². The Morgan fingerprint density at radius 1 is 1.50 bits per heavy atom. The molecule has 0 aliphatic rings. The van der Waals surface area contributed by atoms with Gasteiger partial charge in [-0.1, -0.05) is 0 Å². The van der Waals surface area contributed by atoms with E-state index in [2.05, 4.69) is 31.0 Å². The molecule has 0 saturated carbocycles. The maximum atomic E-state index is 5.40. The van der Waals surface area contributed by atoms with Crippen molar-refractivity contribution in [1.82, 2.24) is 35.8 Å². The highest BCUT2D eigenvalue weighted by Gasteiger charge is 2.17. The van der Waals surface area contributed by atoms with Gasteiger partial charge in [-0.15, -0.1) is 0 Å². The number of nitrogens with two attached hydrogens (primary N) is 1. The number of nitrogens with one attached hydrogen (secondary N) is 2. The van der Waals surface area contributed by atoms with Gasteiger partial charge in [0.15, 0.2) is 0 Å². The SMILES string of the molecule is Cn1ncc(C(NN)c2cn[nH]n2)n1. The normalized spacial score (nSPS) is 13.0. The molecule has 0 spiro atoms. The molecule has 1 unspecified atom stereocenters. The van der Waals surface area contributed by atoms with Crippen molar-refractivity contribution >= 4 is 0 Å². The van der Waals surface area contributed by atoms with E-state index in [1.165, 1.54) is 4.80 Å². The minimum Gasteiger partial charge on any atom is -0.270 e. The van der Waals surface area contributed by atoms with Gasteiger partial charge in [0, 0.05) is 7.05 Å². The van der Waals surface area contributed by atoms with Gasteiger partial charge < -0.3 is 0 Å². The lowest BCUT2D eigenvalue weighted by molar-refractivity contribution is 0.579. The van der Waals surface area contributed by atoms with Crippen molar-refractivity contribution in [2.24, 2.45) is 12.9 Å². The first kappa shape index (κ1) is 8.78. The first-order valence-electron chi connectivity index (χ1n) is 3.99. The molecule has 74 valence electrons. The molecule has 8 heteroatoms. The zero-order chi connectivity index (χ0) is 9.97. The van der Waals surface area contributed by atoms with E-state index < -0.39 is 0 Å². The lowest BCUT2D eigenvalue weighted by Crippen LogP contribution is -2.29. The summed E-state index contributed by atoms with van der Waals surface area (Å²) < 4.78 is 0. The summed E-state index contributed by atoms with van der Waals surface area (Å²) in [6, 6.07) is -0.289. The molecule has 1 atom stereocenters. The number of hydrogen-bond donors (Lipinski definition) is 3. The van der Waals surface area contributed by atoms with Crippen LogP contribution >= 0.6 is 0 Å². The van der Waals surface area contributed by atoms with Crippen molar-refractivity contribution in [3.05, 3.63) is 23.8 Å². The summed E-state index contributed by atoms with van der Waals surface area (Å²) in [5.74, 6) is 5.40. The van der Waals surface area contributed by atoms with Crippen molar-refractivity contribution in [3.63, 3.8) is 0 Å². The zero-order valence-corrected chi connectivity index (χ0v) is 7.55. The molecule has 0 saturated heterocycles. The van der Waals surface area contributed by atoms with Crippen molar-refractivity contribution in [2.75, 3.05) is 0 Å². The van der Waals surface area contributed by atoms with Crippen LogP contribution in [0, 0.1) is 0 Å². The van der Waals surface area contributed by atoms with E-state index in [9.17, 15) is 0 Å². The third-order valence-corrected chi connectivity index (χ3v) is 1.81. The number of hydrogen-bond acceptors (Lipinski definition) is 6. The molecule has 2 heterocycles. The molecule has 0 aromatic carbocycles. The van der Waals surface area contributed by atoms with Crippen LogP contribution in [0.3, 0.4) is 0 Å². The summed E-state index contributed by atoms with van der Waals surface area (Å²) in [6.45, 7) is 0. The van der Waals surface area contributed by atoms with E-state index >= 15 is 0 Å². The summed E-state index contributed by atoms with van der Waals surface area (Å²) in [4.78, 5) is 1.46. The summed E-state index contributed by atoms with van der Waals surface area (Å²) >= 11 is 0. The minimum atomic E-state index is -0.289. The highest BCUT2D eigenvalue weighted by Crippen LogP contribution is 2.14. The highest BCUT2D eigenvalue weighted by molar-refractivity contribution is 5.14. The number of aryl methyl sites for hydroxylation is 1. The smallest absolute Gasteiger partial charge is 0.112 e. The number of hydrazine groups is 1. The fourth-order valence-electron chi connectivity index (χ4n) is 1.17. The van der Waals surface area contributed by atoms with E-state index in [1.807, 2.05) is 0 Å². The van der Waals surface area contributed by atoms with Crippen molar-refractivity contribution in [2.45, 2.75) is 6.04 Å². The summed E-state index contributed by atoms with van der Waals surface area (Å²) in [5.41, 5.74) is 3.97. The standard InChI is InChI=1S/C6H10N8/c1-14-9-3-5(12-14)6(10-7)4-2-8-13-11-4/h2-3,6,10H,7H2,1H3,(H,8,11,13). The Balaban J connectivity index is 2.31. The Morgan fingerprint density at radius 3 is 2.86 bits per heavy atom. The van der Waals surface area contributed by atoms with Crippen LogP contribution < -0.4 is 11.3 Å². The molecular formula is C6H10N8. The van der Waals surface area contributed by atoms with Gasteiger partial charge in [-0.25, -0.2) is 5.43 Å². The molecule has 4 N–H and O–H groups in total. The molecule has 8 nitrogen and oxygen atoms in total. The molecule has 2 aromatic heterocycles. The van der Waals surface area contributed by atoms with Gasteiger partial charge in [-0.2, -0.15) is 30.4 Å². The van der Waals surface area contributed by atoms with Crippen LogP contribution in [0.4, 0.5) is 0 Å². The lowest BCUT2D eigenvalue weighted by Gasteiger charge is -2.08. The van der Waals surface area contributed by atoms with E-state index in [0.29, 0.717) is 11.4 Å². The molecule has 2 aromatic rings. The number of H-pyrrole nitrogens is 1. The van der Waals surface area contributed by atoms with Crippen LogP contribution in [0.5, 0.6) is 0 Å². The van der Waals surface area contributed by atoms with Gasteiger partial charge >= 0.3 is 0 Å². The maximum Gasteiger partial charge on any atom is 0.112 e. The summed E-state index contributed by atoms with van der Waals surface area (Å²) in [5, 5.41) is 18.2. The minimum absolute atomic E-state index is 0.289. The number of nitrogens with zero attached hydrogens (tertiary/aromatic N) is 5. The second-order valence-corrected chi connectivity index (χ2v) is 2.75. The molecule has 0 aliphatic carbocycles. The third kappa shape index (κ3) is 1.47. The van der Waals surface area contributed by atoms with E-state index in [1.54, 1.807) is 19.4 Å². The Labute approximate surface area is 79.5 Å². The predicted molar refractivity (Wildman–Crippen MR) is 46.6 cm³/mol. The molecule has 0 amide bonds. The third-order valence-electron chi connectivity index (χ3n) is 1.81. The molecular weight excluding hydrogens is 184 g/mol. The molecule has 0 fully saturated rings. The second-order valence-electron chi connectivity index (χ2n) is 2.75. The maximum absolute atomic E-state index is 5.40. The number of aromatic amines is 1. The summed E-state index contributed by atoms with van der Waals surface area (Å²) in [7, 11) is 1.74. The van der Waals surface area contributed by atoms with E-state index in [4.69, 9.17) is 5.84 Å². The highest BCUT2D eigenvalue weighted by atomic mass is 15.5. The van der Waals surface area contributed by atoms with Crippen molar-refractivity contribution < 1.29 is 0 Å². The Kier molecular flexibility index (Phi) is 2.21. The Hall–Kier alpha value is -1.80. The number of rotatable bonds is 3. The topological polar surface area (TPSA) is 110 Å². The zero-order valence-electron chi connectivity index (χ0n) is 7.55. The monoisotopic (exact) mass is 194 g/mol. The first-order valence-corrected chi connectivity index (χ1v) is 3.99. The van der Waals surface area contributed by atoms with Gasteiger partial charge in [-0.05, 0) is 0 Å². The number of aromatic nitrogens is 6. The van der Waals surface area contributed by atoms with Gasteiger partial charge in [0.2, 0.25) is 0 Å². The first-order chi connectivity index (χ1) is 6.81. The van der Waals surface area contributed by atoms with Crippen LogP contribution in [0.2, 0.25) is 0 Å². The van der Waals surface area contributed by atoms with Gasteiger partial charge in [-0.3, -0.25) is 5.84 Å². The second kappa shape index (κ2) is 3.52. The van der Waals surface area contributed by atoms with Crippen molar-refractivity contribution in [3.8, 4) is 0 Å².